The summed E-state index contributed by atoms with van der Waals surface area (Å²) >= 11 is 0. The molecule has 7 heteroatoms. The highest BCUT2D eigenvalue weighted by atomic mass is 16.2. The lowest BCUT2D eigenvalue weighted by molar-refractivity contribution is 0.0995. The predicted octanol–water partition coefficient (Wildman–Crippen LogP) is 0.221. The van der Waals surface area contributed by atoms with Crippen LogP contribution in [-0.4, -0.2) is 42.1 Å². The number of carbonyl (C=O) groups excluding carboxylic acids is 2. The van der Waals surface area contributed by atoms with Gasteiger partial charge in [0.2, 0.25) is 0 Å². The first-order valence-electron chi connectivity index (χ1n) is 7.19. The predicted molar refractivity (Wildman–Crippen MR) is 78.1 cm³/mol. The van der Waals surface area contributed by atoms with Crippen molar-refractivity contribution < 1.29 is 9.59 Å². The summed E-state index contributed by atoms with van der Waals surface area (Å²) in [5, 5.41) is 5.91. The Morgan fingerprint density at radius 2 is 2.00 bits per heavy atom. The summed E-state index contributed by atoms with van der Waals surface area (Å²) in [6.07, 6.45) is 4.62. The Hall–Kier alpha value is -2.31. The summed E-state index contributed by atoms with van der Waals surface area (Å²) in [6, 6.07) is 3.93. The highest BCUT2D eigenvalue weighted by molar-refractivity contribution is 5.91. The number of primary amides is 1. The summed E-state index contributed by atoms with van der Waals surface area (Å²) in [5.74, 6) is -0.533. The second-order valence-electron chi connectivity index (χ2n) is 5.59. The summed E-state index contributed by atoms with van der Waals surface area (Å²) in [6.45, 7) is 1.55. The average Bonchev–Trinajstić information content (AvgIpc) is 3.14. The number of pyridine rings is 1. The van der Waals surface area contributed by atoms with Gasteiger partial charge in [0.1, 0.15) is 5.69 Å². The zero-order valence-corrected chi connectivity index (χ0v) is 11.7. The van der Waals surface area contributed by atoms with E-state index in [-0.39, 0.29) is 17.8 Å². The van der Waals surface area contributed by atoms with Crippen molar-refractivity contribution in [3.05, 3.63) is 24.0 Å². The fourth-order valence-corrected chi connectivity index (χ4v) is 2.50. The van der Waals surface area contributed by atoms with Gasteiger partial charge in [-0.15, -0.1) is 0 Å². The molecule has 7 nitrogen and oxygen atoms in total. The topological polar surface area (TPSA) is 100 Å². The zero-order chi connectivity index (χ0) is 14.8. The molecule has 0 radical (unpaired) electrons. The van der Waals surface area contributed by atoms with E-state index in [4.69, 9.17) is 5.73 Å². The van der Waals surface area contributed by atoms with Gasteiger partial charge in [0.15, 0.2) is 0 Å². The van der Waals surface area contributed by atoms with Gasteiger partial charge in [-0.2, -0.15) is 0 Å². The van der Waals surface area contributed by atoms with Crippen molar-refractivity contribution in [2.75, 3.05) is 18.0 Å². The highest BCUT2D eigenvalue weighted by Crippen LogP contribution is 2.21. The number of hydrogen-bond donors (Lipinski definition) is 3. The van der Waals surface area contributed by atoms with Crippen LogP contribution in [0, 0.1) is 0 Å². The monoisotopic (exact) mass is 289 g/mol. The van der Waals surface area contributed by atoms with Crippen molar-refractivity contribution in [3.63, 3.8) is 0 Å². The maximum Gasteiger partial charge on any atom is 0.315 e. The Kier molecular flexibility index (Phi) is 3.64. The third-order valence-corrected chi connectivity index (χ3v) is 3.80. The van der Waals surface area contributed by atoms with Gasteiger partial charge >= 0.3 is 6.03 Å². The molecule has 1 aromatic heterocycles. The van der Waals surface area contributed by atoms with Crippen LogP contribution >= 0.6 is 0 Å². The van der Waals surface area contributed by atoms with E-state index in [1.54, 1.807) is 12.3 Å². The van der Waals surface area contributed by atoms with Gasteiger partial charge < -0.3 is 21.3 Å². The summed E-state index contributed by atoms with van der Waals surface area (Å²) in [4.78, 5) is 28.9. The number of nitrogens with one attached hydrogen (secondary N) is 2. The standard InChI is InChI=1S/C14H19N5O2/c15-13(20)12-7-11(3-5-16-12)19-6-4-10(8-19)18-14(21)17-9-1-2-9/h3,5,7,9-10H,1-2,4,6,8H2,(H2,15,20)(H2,17,18,21). The van der Waals surface area contributed by atoms with Gasteiger partial charge in [0, 0.05) is 37.1 Å². The van der Waals surface area contributed by atoms with E-state index in [2.05, 4.69) is 20.5 Å². The minimum Gasteiger partial charge on any atom is -0.369 e. The molecule has 0 bridgehead atoms. The second-order valence-corrected chi connectivity index (χ2v) is 5.59. The summed E-state index contributed by atoms with van der Waals surface area (Å²) < 4.78 is 0. The maximum absolute atomic E-state index is 11.7. The van der Waals surface area contributed by atoms with Crippen molar-refractivity contribution in [2.24, 2.45) is 5.73 Å². The van der Waals surface area contributed by atoms with Crippen molar-refractivity contribution in [3.8, 4) is 0 Å². The van der Waals surface area contributed by atoms with Gasteiger partial charge in [-0.25, -0.2) is 4.79 Å². The largest absolute Gasteiger partial charge is 0.369 e. The third-order valence-electron chi connectivity index (χ3n) is 3.80. The molecule has 1 saturated carbocycles. The molecule has 2 fully saturated rings. The summed E-state index contributed by atoms with van der Waals surface area (Å²) in [5.41, 5.74) is 6.41. The molecule has 2 heterocycles. The van der Waals surface area contributed by atoms with Gasteiger partial charge in [0.05, 0.1) is 0 Å². The Morgan fingerprint density at radius 3 is 2.71 bits per heavy atom. The molecule has 112 valence electrons. The molecule has 3 rings (SSSR count). The van der Waals surface area contributed by atoms with Crippen LogP contribution in [0.25, 0.3) is 0 Å². The minimum absolute atomic E-state index is 0.0862. The van der Waals surface area contributed by atoms with Crippen LogP contribution in [0.15, 0.2) is 18.3 Å². The van der Waals surface area contributed by atoms with Crippen LogP contribution in [-0.2, 0) is 0 Å². The quantitative estimate of drug-likeness (QED) is 0.738. The van der Waals surface area contributed by atoms with Crippen LogP contribution in [0.2, 0.25) is 0 Å². The Labute approximate surface area is 122 Å². The van der Waals surface area contributed by atoms with E-state index < -0.39 is 5.91 Å². The molecule has 1 unspecified atom stereocenters. The van der Waals surface area contributed by atoms with Crippen molar-refractivity contribution in [1.29, 1.82) is 0 Å². The molecular formula is C14H19N5O2. The number of hydrogen-bond acceptors (Lipinski definition) is 4. The van der Waals surface area contributed by atoms with Crippen molar-refractivity contribution >= 4 is 17.6 Å². The first-order chi connectivity index (χ1) is 10.1. The highest BCUT2D eigenvalue weighted by Gasteiger charge is 2.27. The van der Waals surface area contributed by atoms with Crippen LogP contribution in [0.1, 0.15) is 29.8 Å². The zero-order valence-electron chi connectivity index (χ0n) is 11.7. The fourth-order valence-electron chi connectivity index (χ4n) is 2.50. The van der Waals surface area contributed by atoms with E-state index >= 15 is 0 Å². The molecule has 1 aromatic rings. The first kappa shape index (κ1) is 13.7. The second kappa shape index (κ2) is 5.59. The molecule has 1 aliphatic heterocycles. The molecule has 3 amide bonds. The smallest absolute Gasteiger partial charge is 0.315 e. The van der Waals surface area contributed by atoms with E-state index in [0.29, 0.717) is 6.04 Å². The molecule has 0 spiro atoms. The minimum atomic E-state index is -0.533. The van der Waals surface area contributed by atoms with E-state index in [0.717, 1.165) is 38.0 Å². The molecule has 2 aliphatic rings. The fraction of sp³-hybridized carbons (Fsp3) is 0.500. The Bertz CT molecular complexity index is 558. The Balaban J connectivity index is 1.57. The average molecular weight is 289 g/mol. The molecular weight excluding hydrogens is 270 g/mol. The van der Waals surface area contributed by atoms with Gasteiger partial charge in [0.25, 0.3) is 5.91 Å². The Morgan fingerprint density at radius 1 is 1.24 bits per heavy atom. The molecule has 4 N–H and O–H groups in total. The summed E-state index contributed by atoms with van der Waals surface area (Å²) in [7, 11) is 0. The number of amides is 3. The lowest BCUT2D eigenvalue weighted by atomic mass is 10.2. The normalized spacial score (nSPS) is 21.1. The number of anilines is 1. The van der Waals surface area contributed by atoms with Gasteiger partial charge in [-0.1, -0.05) is 0 Å². The van der Waals surface area contributed by atoms with Gasteiger partial charge in [-0.3, -0.25) is 9.78 Å². The van der Waals surface area contributed by atoms with E-state index in [9.17, 15) is 9.59 Å². The molecule has 1 atom stereocenters. The number of nitrogens with zero attached hydrogens (tertiary/aromatic N) is 2. The number of urea groups is 1. The van der Waals surface area contributed by atoms with Crippen LogP contribution < -0.4 is 21.3 Å². The lowest BCUT2D eigenvalue weighted by Crippen LogP contribution is -2.44. The van der Waals surface area contributed by atoms with Crippen LogP contribution in [0.4, 0.5) is 10.5 Å². The molecule has 0 aromatic carbocycles. The molecule has 21 heavy (non-hydrogen) atoms. The first-order valence-corrected chi connectivity index (χ1v) is 7.19. The number of rotatable bonds is 4. The lowest BCUT2D eigenvalue weighted by Gasteiger charge is -2.19. The number of carbonyl (C=O) groups is 2. The number of aromatic nitrogens is 1. The van der Waals surface area contributed by atoms with Crippen LogP contribution in [0.3, 0.4) is 0 Å². The van der Waals surface area contributed by atoms with Crippen molar-refractivity contribution in [1.82, 2.24) is 15.6 Å². The van der Waals surface area contributed by atoms with E-state index in [1.807, 2.05) is 6.07 Å². The molecule has 1 saturated heterocycles. The van der Waals surface area contributed by atoms with Crippen LogP contribution in [0.5, 0.6) is 0 Å². The number of nitrogens with two attached hydrogens (primary N) is 1. The van der Waals surface area contributed by atoms with E-state index in [1.165, 1.54) is 0 Å². The SMILES string of the molecule is NC(=O)c1cc(N2CCC(NC(=O)NC3CC3)C2)ccn1. The third kappa shape index (κ3) is 3.42. The molecule has 1 aliphatic carbocycles. The van der Waals surface area contributed by atoms with Crippen molar-refractivity contribution in [2.45, 2.75) is 31.3 Å². The maximum atomic E-state index is 11.7. The van der Waals surface area contributed by atoms with Gasteiger partial charge in [-0.05, 0) is 31.4 Å².